The van der Waals surface area contributed by atoms with E-state index in [2.05, 4.69) is 39.0 Å². The van der Waals surface area contributed by atoms with Crippen LogP contribution in [-0.2, 0) is 11.3 Å². The van der Waals surface area contributed by atoms with Crippen LogP contribution in [-0.4, -0.2) is 32.9 Å². The number of ether oxygens (including phenoxy) is 2. The van der Waals surface area contributed by atoms with E-state index in [1.807, 2.05) is 54.9 Å². The first-order valence-electron chi connectivity index (χ1n) is 12.6. The number of imidazole rings is 1. The second-order valence-electron chi connectivity index (χ2n) is 9.43. The first-order valence-corrected chi connectivity index (χ1v) is 12.6. The average molecular weight is 498 g/mol. The highest BCUT2D eigenvalue weighted by molar-refractivity contribution is 5.96. The van der Waals surface area contributed by atoms with Gasteiger partial charge in [-0.2, -0.15) is 0 Å². The maximum absolute atomic E-state index is 12.0. The fraction of sp³-hybridized carbons (Fsp3) is 0.310. The lowest BCUT2D eigenvalue weighted by atomic mass is 9.92. The molecule has 1 fully saturated rings. The summed E-state index contributed by atoms with van der Waals surface area (Å²) in [4.78, 5) is 16.1. The summed E-state index contributed by atoms with van der Waals surface area (Å²) < 4.78 is 15.6. The SMILES string of the molecule is CC(C)OC(=O)Nc1ccc(-c2c(C#CN)c3cc(OCCn4ccnc4)ccc3n2C2CCC2)cc1. The smallest absolute Gasteiger partial charge is 0.411 e. The molecular formula is C29H31N5O3. The Morgan fingerprint density at radius 2 is 2.03 bits per heavy atom. The molecule has 0 spiro atoms. The summed E-state index contributed by atoms with van der Waals surface area (Å²) in [5.74, 6) is 3.95. The Hall–Kier alpha value is -4.38. The van der Waals surface area contributed by atoms with Crippen molar-refractivity contribution < 1.29 is 14.3 Å². The van der Waals surface area contributed by atoms with E-state index in [1.54, 1.807) is 12.5 Å². The van der Waals surface area contributed by atoms with Crippen LogP contribution in [0.4, 0.5) is 10.5 Å². The van der Waals surface area contributed by atoms with Crippen molar-refractivity contribution in [2.75, 3.05) is 11.9 Å². The molecule has 0 saturated heterocycles. The number of aromatic nitrogens is 3. The van der Waals surface area contributed by atoms with Crippen molar-refractivity contribution in [3.63, 3.8) is 0 Å². The highest BCUT2D eigenvalue weighted by atomic mass is 16.6. The number of carbonyl (C=O) groups excluding carboxylic acids is 1. The predicted molar refractivity (Wildman–Crippen MR) is 144 cm³/mol. The van der Waals surface area contributed by atoms with Crippen LogP contribution in [0.5, 0.6) is 5.75 Å². The molecule has 2 aromatic carbocycles. The summed E-state index contributed by atoms with van der Waals surface area (Å²) in [5, 5.41) is 3.79. The Morgan fingerprint density at radius 1 is 1.22 bits per heavy atom. The summed E-state index contributed by atoms with van der Waals surface area (Å²) in [6.45, 7) is 4.88. The zero-order valence-electron chi connectivity index (χ0n) is 21.1. The van der Waals surface area contributed by atoms with Gasteiger partial charge in [0.25, 0.3) is 0 Å². The molecular weight excluding hydrogens is 466 g/mol. The number of nitrogens with zero attached hydrogens (tertiary/aromatic N) is 3. The molecule has 4 aromatic rings. The zero-order chi connectivity index (χ0) is 25.8. The van der Waals surface area contributed by atoms with Crippen molar-refractivity contribution >= 4 is 22.7 Å². The van der Waals surface area contributed by atoms with E-state index in [9.17, 15) is 4.79 Å². The summed E-state index contributed by atoms with van der Waals surface area (Å²) in [5.41, 5.74) is 10.4. The van der Waals surface area contributed by atoms with Crippen LogP contribution in [0.2, 0.25) is 0 Å². The summed E-state index contributed by atoms with van der Waals surface area (Å²) in [6.07, 6.45) is 8.25. The van der Waals surface area contributed by atoms with Crippen LogP contribution < -0.4 is 15.8 Å². The van der Waals surface area contributed by atoms with Gasteiger partial charge in [0.2, 0.25) is 0 Å². The number of nitrogens with one attached hydrogen (secondary N) is 1. The van der Waals surface area contributed by atoms with Crippen molar-refractivity contribution in [3.05, 3.63) is 66.7 Å². The van der Waals surface area contributed by atoms with Gasteiger partial charge < -0.3 is 24.3 Å². The maximum atomic E-state index is 12.0. The lowest BCUT2D eigenvalue weighted by molar-refractivity contribution is 0.130. The number of amides is 1. The lowest BCUT2D eigenvalue weighted by Gasteiger charge is -2.30. The van der Waals surface area contributed by atoms with E-state index in [-0.39, 0.29) is 6.10 Å². The number of benzene rings is 2. The lowest BCUT2D eigenvalue weighted by Crippen LogP contribution is -2.18. The number of hydrogen-bond donors (Lipinski definition) is 2. The summed E-state index contributed by atoms with van der Waals surface area (Å²) >= 11 is 0. The normalized spacial score (nSPS) is 13.2. The Balaban J connectivity index is 1.50. The molecule has 0 atom stereocenters. The third kappa shape index (κ3) is 5.26. The molecule has 37 heavy (non-hydrogen) atoms. The minimum atomic E-state index is -0.471. The van der Waals surface area contributed by atoms with E-state index in [0.29, 0.717) is 24.9 Å². The van der Waals surface area contributed by atoms with E-state index >= 15 is 0 Å². The number of nitrogens with two attached hydrogens (primary N) is 1. The molecule has 1 saturated carbocycles. The van der Waals surface area contributed by atoms with Crippen molar-refractivity contribution in [1.82, 2.24) is 14.1 Å². The molecule has 8 nitrogen and oxygen atoms in total. The molecule has 0 unspecified atom stereocenters. The monoisotopic (exact) mass is 497 g/mol. The molecule has 1 aliphatic rings. The van der Waals surface area contributed by atoms with Gasteiger partial charge in [-0.05, 0) is 74.9 Å². The van der Waals surface area contributed by atoms with Crippen LogP contribution in [0.15, 0.2) is 61.2 Å². The third-order valence-corrected chi connectivity index (χ3v) is 6.54. The van der Waals surface area contributed by atoms with E-state index in [1.165, 1.54) is 6.42 Å². The maximum Gasteiger partial charge on any atom is 0.411 e. The molecule has 0 radical (unpaired) electrons. The minimum absolute atomic E-state index is 0.186. The van der Waals surface area contributed by atoms with Crippen LogP contribution >= 0.6 is 0 Å². The topological polar surface area (TPSA) is 96.3 Å². The van der Waals surface area contributed by atoms with Crippen molar-refractivity contribution in [3.8, 4) is 29.0 Å². The van der Waals surface area contributed by atoms with Gasteiger partial charge in [-0.15, -0.1) is 0 Å². The predicted octanol–water partition coefficient (Wildman–Crippen LogP) is 5.53. The van der Waals surface area contributed by atoms with Gasteiger partial charge in [0.05, 0.1) is 35.8 Å². The van der Waals surface area contributed by atoms with Crippen LogP contribution in [0, 0.1) is 12.0 Å². The molecule has 5 rings (SSSR count). The van der Waals surface area contributed by atoms with Gasteiger partial charge in [0.1, 0.15) is 12.4 Å². The summed E-state index contributed by atoms with van der Waals surface area (Å²) in [6, 6.07) is 17.0. The van der Waals surface area contributed by atoms with Crippen LogP contribution in [0.1, 0.15) is 44.7 Å². The van der Waals surface area contributed by atoms with Crippen molar-refractivity contribution in [1.29, 1.82) is 0 Å². The second kappa shape index (κ2) is 10.7. The molecule has 3 N–H and O–H groups in total. The quantitative estimate of drug-likeness (QED) is 0.246. The van der Waals surface area contributed by atoms with Crippen molar-refractivity contribution in [2.45, 2.75) is 51.8 Å². The first-order chi connectivity index (χ1) is 18.0. The number of anilines is 1. The molecule has 0 aliphatic heterocycles. The number of rotatable bonds is 8. The van der Waals surface area contributed by atoms with Gasteiger partial charge >= 0.3 is 6.09 Å². The van der Waals surface area contributed by atoms with Gasteiger partial charge in [-0.25, -0.2) is 9.78 Å². The fourth-order valence-corrected chi connectivity index (χ4v) is 4.65. The number of carbonyl (C=O) groups is 1. The number of fused-ring (bicyclic) bond motifs is 1. The van der Waals surface area contributed by atoms with E-state index in [0.717, 1.165) is 46.3 Å². The molecule has 0 bridgehead atoms. The van der Waals surface area contributed by atoms with Crippen molar-refractivity contribution in [2.24, 2.45) is 5.73 Å². The molecule has 2 heterocycles. The Bertz CT molecular complexity index is 1440. The molecule has 2 aromatic heterocycles. The average Bonchev–Trinajstić information content (AvgIpc) is 3.45. The van der Waals surface area contributed by atoms with Gasteiger partial charge in [-0.1, -0.05) is 12.1 Å². The Kier molecular flexibility index (Phi) is 7.04. The van der Waals surface area contributed by atoms with E-state index in [4.69, 9.17) is 15.2 Å². The minimum Gasteiger partial charge on any atom is -0.492 e. The largest absolute Gasteiger partial charge is 0.492 e. The highest BCUT2D eigenvalue weighted by Crippen LogP contribution is 2.43. The van der Waals surface area contributed by atoms with Crippen LogP contribution in [0.3, 0.4) is 0 Å². The molecule has 8 heteroatoms. The molecule has 1 aliphatic carbocycles. The number of hydrogen-bond acceptors (Lipinski definition) is 5. The second-order valence-corrected chi connectivity index (χ2v) is 9.43. The highest BCUT2D eigenvalue weighted by Gasteiger charge is 2.27. The summed E-state index contributed by atoms with van der Waals surface area (Å²) in [7, 11) is 0. The Morgan fingerprint density at radius 3 is 2.68 bits per heavy atom. The zero-order valence-corrected chi connectivity index (χ0v) is 21.1. The Labute approximate surface area is 216 Å². The van der Waals surface area contributed by atoms with E-state index < -0.39 is 6.09 Å². The van der Waals surface area contributed by atoms with Gasteiger partial charge in [0.15, 0.2) is 0 Å². The molecule has 1 amide bonds. The fourth-order valence-electron chi connectivity index (χ4n) is 4.65. The van der Waals surface area contributed by atoms with Gasteiger partial charge in [0, 0.05) is 35.6 Å². The standard InChI is InChI=1S/C29H31N5O3/c1-20(2)37-29(35)32-22-8-6-21(7-9-22)28-25(12-13-30)26-18-24(36-17-16-33-15-14-31-19-33)10-11-27(26)34(28)23-4-3-5-23/h6-11,14-15,18-20,23H,3-5,16-17,30H2,1-2H3,(H,32,35). The first kappa shape index (κ1) is 24.3. The third-order valence-electron chi connectivity index (χ3n) is 6.54. The molecule has 190 valence electrons. The van der Waals surface area contributed by atoms with Crippen LogP contribution in [0.25, 0.3) is 22.2 Å². The van der Waals surface area contributed by atoms with Gasteiger partial charge in [-0.3, -0.25) is 5.32 Å².